The van der Waals surface area contributed by atoms with Crippen LogP contribution in [0.4, 0.5) is 0 Å². The van der Waals surface area contributed by atoms with Gasteiger partial charge in [-0.15, -0.1) is 6.42 Å². The minimum atomic E-state index is -2.66. The van der Waals surface area contributed by atoms with Crippen molar-refractivity contribution in [2.75, 3.05) is 19.8 Å². The first-order chi connectivity index (χ1) is 21.8. The SMILES string of the molecule is C#C/C=C\C#C[C@]1(O[Si](C)(C)C(C)(C)C)CC2(OCCO2)C(N2C(=O)c3ccccc3C2=O)=C(C=O)/C1=C\CO[Si](C)(C)C(C)(C)C. The van der Waals surface area contributed by atoms with Gasteiger partial charge in [0.05, 0.1) is 43.1 Å². The molecule has 4 rings (SSSR count). The third-order valence-corrected chi connectivity index (χ3v) is 19.0. The van der Waals surface area contributed by atoms with E-state index in [1.165, 1.54) is 6.08 Å². The highest BCUT2D eigenvalue weighted by Crippen LogP contribution is 2.53. The molecule has 2 amide bonds. The van der Waals surface area contributed by atoms with Crippen molar-refractivity contribution < 1.29 is 32.7 Å². The molecule has 1 aromatic carbocycles. The quantitative estimate of drug-likeness (QED) is 0.136. The van der Waals surface area contributed by atoms with E-state index in [0.29, 0.717) is 11.9 Å². The molecule has 0 radical (unpaired) electrons. The van der Waals surface area contributed by atoms with E-state index in [-0.39, 0.29) is 58.7 Å². The molecule has 8 nitrogen and oxygen atoms in total. The number of terminal acetylenes is 1. The number of fused-ring (bicyclic) bond motifs is 1. The Hall–Kier alpha value is -3.36. The molecule has 2 aliphatic heterocycles. The average molecular weight is 674 g/mol. The van der Waals surface area contributed by atoms with E-state index in [0.717, 1.165) is 4.90 Å². The van der Waals surface area contributed by atoms with Gasteiger partial charge in [-0.3, -0.25) is 14.4 Å². The summed E-state index contributed by atoms with van der Waals surface area (Å²) in [7, 11) is -4.90. The summed E-state index contributed by atoms with van der Waals surface area (Å²) in [6, 6.07) is 6.59. The van der Waals surface area contributed by atoms with E-state index in [1.807, 2.05) is 6.08 Å². The number of nitrogens with zero attached hydrogens (tertiary/aromatic N) is 1. The number of carbonyl (C=O) groups is 3. The van der Waals surface area contributed by atoms with Crippen molar-refractivity contribution >= 4 is 34.7 Å². The van der Waals surface area contributed by atoms with Gasteiger partial charge in [0, 0.05) is 11.1 Å². The fourth-order valence-corrected chi connectivity index (χ4v) is 7.79. The van der Waals surface area contributed by atoms with Crippen molar-refractivity contribution in [1.82, 2.24) is 4.90 Å². The highest BCUT2D eigenvalue weighted by molar-refractivity contribution is 6.74. The zero-order valence-corrected chi connectivity index (χ0v) is 31.3. The fourth-order valence-electron chi connectivity index (χ4n) is 5.44. The molecule has 0 aromatic heterocycles. The van der Waals surface area contributed by atoms with Crippen molar-refractivity contribution in [2.45, 2.75) is 95.6 Å². The molecule has 0 saturated carbocycles. The first kappa shape index (κ1) is 36.5. The van der Waals surface area contributed by atoms with Gasteiger partial charge < -0.3 is 18.3 Å². The fraction of sp³-hybridized carbons (Fsp3) is 0.486. The van der Waals surface area contributed by atoms with Gasteiger partial charge in [-0.1, -0.05) is 77.5 Å². The monoisotopic (exact) mass is 673 g/mol. The van der Waals surface area contributed by atoms with E-state index in [4.69, 9.17) is 24.7 Å². The molecular formula is C37H47NO7Si2. The number of rotatable bonds is 7. The third kappa shape index (κ3) is 6.69. The number of allylic oxidation sites excluding steroid dienone is 2. The molecule has 1 saturated heterocycles. The second kappa shape index (κ2) is 12.9. The maximum absolute atomic E-state index is 14.0. The van der Waals surface area contributed by atoms with Gasteiger partial charge in [0.15, 0.2) is 28.5 Å². The Kier molecular flexibility index (Phi) is 10.0. The van der Waals surface area contributed by atoms with Crippen LogP contribution in [0, 0.1) is 24.2 Å². The molecule has 250 valence electrons. The van der Waals surface area contributed by atoms with Crippen LogP contribution in [0.25, 0.3) is 0 Å². The number of carbonyl (C=O) groups excluding carboxylic acids is 3. The lowest BCUT2D eigenvalue weighted by atomic mass is 9.74. The zero-order chi connectivity index (χ0) is 35.1. The van der Waals surface area contributed by atoms with Gasteiger partial charge >= 0.3 is 0 Å². The minimum Gasteiger partial charge on any atom is -0.413 e. The van der Waals surface area contributed by atoms with Crippen LogP contribution in [-0.4, -0.2) is 70.8 Å². The van der Waals surface area contributed by atoms with Crippen LogP contribution in [0.1, 0.15) is 68.7 Å². The smallest absolute Gasteiger partial charge is 0.266 e. The van der Waals surface area contributed by atoms with Gasteiger partial charge in [-0.2, -0.15) is 0 Å². The molecule has 1 spiro atoms. The van der Waals surface area contributed by atoms with Gasteiger partial charge in [-0.25, -0.2) is 4.90 Å². The summed E-state index contributed by atoms with van der Waals surface area (Å²) in [5, 5.41) is -0.325. The maximum atomic E-state index is 14.0. The summed E-state index contributed by atoms with van der Waals surface area (Å²) < 4.78 is 26.5. The summed E-state index contributed by atoms with van der Waals surface area (Å²) in [4.78, 5) is 42.4. The summed E-state index contributed by atoms with van der Waals surface area (Å²) in [5.41, 5.74) is -0.506. The number of hydrogen-bond donors (Lipinski definition) is 0. The molecule has 2 heterocycles. The van der Waals surface area contributed by atoms with Crippen LogP contribution < -0.4 is 0 Å². The molecule has 0 N–H and O–H groups in total. The number of amides is 2. The second-order valence-electron chi connectivity index (χ2n) is 15.1. The first-order valence-electron chi connectivity index (χ1n) is 15.9. The molecular weight excluding hydrogens is 627 g/mol. The lowest BCUT2D eigenvalue weighted by Gasteiger charge is -2.50. The molecule has 0 bridgehead atoms. The summed E-state index contributed by atoms with van der Waals surface area (Å²) in [5.74, 6) is 6.02. The van der Waals surface area contributed by atoms with Crippen LogP contribution in [0.15, 0.2) is 59.3 Å². The molecule has 1 atom stereocenters. The Morgan fingerprint density at radius 3 is 1.98 bits per heavy atom. The Bertz CT molecular complexity index is 1610. The zero-order valence-electron chi connectivity index (χ0n) is 29.3. The van der Waals surface area contributed by atoms with Crippen LogP contribution >= 0.6 is 0 Å². The largest absolute Gasteiger partial charge is 0.413 e. The maximum Gasteiger partial charge on any atom is 0.266 e. The first-order valence-corrected chi connectivity index (χ1v) is 21.7. The third-order valence-electron chi connectivity index (χ3n) is 10.0. The van der Waals surface area contributed by atoms with Crippen molar-refractivity contribution in [3.63, 3.8) is 0 Å². The number of benzene rings is 1. The van der Waals surface area contributed by atoms with Gasteiger partial charge in [0.1, 0.15) is 0 Å². The summed E-state index contributed by atoms with van der Waals surface area (Å²) in [6.45, 7) is 21.8. The predicted molar refractivity (Wildman–Crippen MR) is 187 cm³/mol. The van der Waals surface area contributed by atoms with Crippen LogP contribution in [0.3, 0.4) is 0 Å². The van der Waals surface area contributed by atoms with E-state index in [2.05, 4.69) is 85.5 Å². The standard InChI is InChI=1S/C37H47NO7Si2/c1-12-13-14-17-21-36(45-47(10,11)35(5,6)7)26-37(42-23-24-43-37)31(38-32(40)27-18-15-16-19-28(27)33(38)41)29(25-39)30(36)20-22-44-46(8,9)34(2,3)4/h1,13-16,18-20,25H,22-24,26H2,2-11H3/b14-13-,30-20+/t36-/m0/s1. The van der Waals surface area contributed by atoms with Crippen molar-refractivity contribution in [3.8, 4) is 24.2 Å². The number of aldehydes is 1. The van der Waals surface area contributed by atoms with Crippen molar-refractivity contribution in [1.29, 1.82) is 0 Å². The number of hydrogen-bond acceptors (Lipinski definition) is 7. The van der Waals surface area contributed by atoms with Crippen LogP contribution in [-0.2, 0) is 23.1 Å². The minimum absolute atomic E-state index is 0.0326. The lowest BCUT2D eigenvalue weighted by molar-refractivity contribution is -0.165. The average Bonchev–Trinajstić information content (AvgIpc) is 3.53. The molecule has 0 unspecified atom stereocenters. The highest BCUT2D eigenvalue weighted by Gasteiger charge is 2.61. The van der Waals surface area contributed by atoms with Gasteiger partial charge in [0.25, 0.3) is 11.8 Å². The molecule has 1 aromatic rings. The van der Waals surface area contributed by atoms with Gasteiger partial charge in [-0.05, 0) is 60.5 Å². The Morgan fingerprint density at radius 1 is 0.936 bits per heavy atom. The van der Waals surface area contributed by atoms with Crippen LogP contribution in [0.2, 0.25) is 36.3 Å². The number of ether oxygens (including phenoxy) is 2. The Balaban J connectivity index is 2.07. The lowest BCUT2D eigenvalue weighted by Crippen LogP contribution is -2.59. The molecule has 47 heavy (non-hydrogen) atoms. The van der Waals surface area contributed by atoms with E-state index >= 15 is 0 Å². The van der Waals surface area contributed by atoms with Crippen molar-refractivity contribution in [2.24, 2.45) is 0 Å². The molecule has 1 fully saturated rings. The van der Waals surface area contributed by atoms with Crippen molar-refractivity contribution in [3.05, 3.63) is 70.5 Å². The molecule has 10 heteroatoms. The Morgan fingerprint density at radius 2 is 1.49 bits per heavy atom. The van der Waals surface area contributed by atoms with E-state index in [9.17, 15) is 14.4 Å². The molecule has 1 aliphatic carbocycles. The summed E-state index contributed by atoms with van der Waals surface area (Å²) >= 11 is 0. The second-order valence-corrected chi connectivity index (χ2v) is 24.7. The summed E-state index contributed by atoms with van der Waals surface area (Å²) in [6.07, 6.45) is 10.9. The normalized spacial score (nSPS) is 22.6. The topological polar surface area (TPSA) is 91.4 Å². The highest BCUT2D eigenvalue weighted by atomic mass is 28.4. The molecule has 3 aliphatic rings. The van der Waals surface area contributed by atoms with E-state index < -0.39 is 39.8 Å². The number of imide groups is 1. The van der Waals surface area contributed by atoms with Gasteiger partial charge in [0.2, 0.25) is 5.79 Å². The Labute approximate surface area is 281 Å². The van der Waals surface area contributed by atoms with E-state index in [1.54, 1.807) is 30.3 Å². The van der Waals surface area contributed by atoms with Crippen LogP contribution in [0.5, 0.6) is 0 Å². The predicted octanol–water partition coefficient (Wildman–Crippen LogP) is 6.78.